The molecule has 1 aromatic rings. The number of hydrogen-bond donors (Lipinski definition) is 0. The van der Waals surface area contributed by atoms with Crippen molar-refractivity contribution in [2.45, 2.75) is 19.9 Å². The van der Waals surface area contributed by atoms with Gasteiger partial charge < -0.3 is 9.47 Å². The van der Waals surface area contributed by atoms with Gasteiger partial charge in [-0.2, -0.15) is 0 Å². The van der Waals surface area contributed by atoms with Crippen LogP contribution in [0.2, 0.25) is 0 Å². The Balaban J connectivity index is 2.27. The SMILES string of the molecule is COc1ccc(C2=N[C@H](C(C)C)CO2)c(Br)c1. The van der Waals surface area contributed by atoms with E-state index in [9.17, 15) is 0 Å². The van der Waals surface area contributed by atoms with E-state index < -0.39 is 0 Å². The van der Waals surface area contributed by atoms with Gasteiger partial charge in [-0.25, -0.2) is 4.99 Å². The van der Waals surface area contributed by atoms with Crippen molar-refractivity contribution in [2.24, 2.45) is 10.9 Å². The molecule has 0 saturated heterocycles. The fraction of sp³-hybridized carbons (Fsp3) is 0.462. The van der Waals surface area contributed by atoms with Crippen molar-refractivity contribution in [1.82, 2.24) is 0 Å². The average Bonchev–Trinajstić information content (AvgIpc) is 2.78. The van der Waals surface area contributed by atoms with Gasteiger partial charge in [0.15, 0.2) is 0 Å². The van der Waals surface area contributed by atoms with Crippen molar-refractivity contribution in [3.8, 4) is 5.75 Å². The van der Waals surface area contributed by atoms with Gasteiger partial charge in [-0.15, -0.1) is 0 Å². The molecule has 0 aliphatic carbocycles. The van der Waals surface area contributed by atoms with Crippen LogP contribution in [-0.4, -0.2) is 25.7 Å². The van der Waals surface area contributed by atoms with Gasteiger partial charge in [0.05, 0.1) is 18.7 Å². The number of rotatable bonds is 3. The maximum Gasteiger partial charge on any atom is 0.217 e. The van der Waals surface area contributed by atoms with Crippen LogP contribution in [0.3, 0.4) is 0 Å². The van der Waals surface area contributed by atoms with Gasteiger partial charge >= 0.3 is 0 Å². The van der Waals surface area contributed by atoms with E-state index in [1.54, 1.807) is 7.11 Å². The lowest BCUT2D eigenvalue weighted by Gasteiger charge is -2.06. The first kappa shape index (κ1) is 12.4. The molecule has 4 heteroatoms. The molecule has 1 aliphatic heterocycles. The van der Waals surface area contributed by atoms with Gasteiger partial charge in [0.1, 0.15) is 12.4 Å². The van der Waals surface area contributed by atoms with E-state index in [4.69, 9.17) is 9.47 Å². The zero-order chi connectivity index (χ0) is 12.4. The summed E-state index contributed by atoms with van der Waals surface area (Å²) in [5.41, 5.74) is 0.981. The van der Waals surface area contributed by atoms with Gasteiger partial charge in [-0.05, 0) is 40.0 Å². The summed E-state index contributed by atoms with van der Waals surface area (Å²) < 4.78 is 11.8. The molecule has 3 nitrogen and oxygen atoms in total. The maximum absolute atomic E-state index is 5.65. The van der Waals surface area contributed by atoms with Gasteiger partial charge in [-0.1, -0.05) is 13.8 Å². The highest BCUT2D eigenvalue weighted by molar-refractivity contribution is 9.10. The maximum atomic E-state index is 5.65. The van der Waals surface area contributed by atoms with E-state index in [1.807, 2.05) is 18.2 Å². The molecule has 0 aromatic heterocycles. The lowest BCUT2D eigenvalue weighted by Crippen LogP contribution is -2.13. The van der Waals surface area contributed by atoms with Gasteiger partial charge in [0.25, 0.3) is 0 Å². The fourth-order valence-electron chi connectivity index (χ4n) is 1.67. The van der Waals surface area contributed by atoms with Crippen molar-refractivity contribution in [3.05, 3.63) is 28.2 Å². The van der Waals surface area contributed by atoms with Crippen molar-refractivity contribution in [3.63, 3.8) is 0 Å². The number of ether oxygens (including phenoxy) is 2. The third-order valence-electron chi connectivity index (χ3n) is 2.85. The molecule has 0 radical (unpaired) electrons. The number of aliphatic imine (C=N–C) groups is 1. The molecule has 1 atom stereocenters. The van der Waals surface area contributed by atoms with Crippen LogP contribution >= 0.6 is 15.9 Å². The van der Waals surface area contributed by atoms with Crippen molar-refractivity contribution in [1.29, 1.82) is 0 Å². The Morgan fingerprint density at radius 1 is 1.47 bits per heavy atom. The number of halogens is 1. The molecule has 1 aromatic carbocycles. The first-order valence-electron chi connectivity index (χ1n) is 5.66. The van der Waals surface area contributed by atoms with E-state index in [1.165, 1.54) is 0 Å². The third-order valence-corrected chi connectivity index (χ3v) is 3.51. The second-order valence-corrected chi connectivity index (χ2v) is 5.26. The molecular formula is C13H16BrNO2. The van der Waals surface area contributed by atoms with Gasteiger partial charge in [-0.3, -0.25) is 0 Å². The highest BCUT2D eigenvalue weighted by Crippen LogP contribution is 2.26. The summed E-state index contributed by atoms with van der Waals surface area (Å²) in [5, 5.41) is 0. The molecule has 0 bridgehead atoms. The van der Waals surface area contributed by atoms with Crippen LogP contribution in [0.5, 0.6) is 5.75 Å². The molecule has 0 unspecified atom stereocenters. The number of nitrogens with zero attached hydrogens (tertiary/aromatic N) is 1. The largest absolute Gasteiger partial charge is 0.497 e. The summed E-state index contributed by atoms with van der Waals surface area (Å²) in [6, 6.07) is 6.06. The second-order valence-electron chi connectivity index (χ2n) is 4.40. The van der Waals surface area contributed by atoms with Crippen LogP contribution in [0.25, 0.3) is 0 Å². The summed E-state index contributed by atoms with van der Waals surface area (Å²) in [5.74, 6) is 2.04. The lowest BCUT2D eigenvalue weighted by atomic mass is 10.1. The predicted molar refractivity (Wildman–Crippen MR) is 71.8 cm³/mol. The predicted octanol–water partition coefficient (Wildman–Crippen LogP) is 3.26. The minimum absolute atomic E-state index is 0.263. The Morgan fingerprint density at radius 3 is 2.76 bits per heavy atom. The fourth-order valence-corrected chi connectivity index (χ4v) is 2.20. The molecule has 92 valence electrons. The normalized spacial score (nSPS) is 19.1. The van der Waals surface area contributed by atoms with Crippen LogP contribution in [0.4, 0.5) is 0 Å². The Morgan fingerprint density at radius 2 is 2.24 bits per heavy atom. The average molecular weight is 298 g/mol. The Bertz CT molecular complexity index is 443. The first-order valence-corrected chi connectivity index (χ1v) is 6.45. The topological polar surface area (TPSA) is 30.8 Å². The van der Waals surface area contributed by atoms with Crippen LogP contribution in [0.15, 0.2) is 27.7 Å². The first-order chi connectivity index (χ1) is 8.11. The molecule has 0 amide bonds. The van der Waals surface area contributed by atoms with Crippen LogP contribution in [0, 0.1) is 5.92 Å². The molecule has 17 heavy (non-hydrogen) atoms. The molecule has 0 spiro atoms. The summed E-state index contributed by atoms with van der Waals surface area (Å²) in [6.07, 6.45) is 0. The Labute approximate surface area is 110 Å². The highest BCUT2D eigenvalue weighted by atomic mass is 79.9. The summed E-state index contributed by atoms with van der Waals surface area (Å²) in [7, 11) is 1.65. The smallest absolute Gasteiger partial charge is 0.217 e. The molecule has 1 heterocycles. The number of hydrogen-bond acceptors (Lipinski definition) is 3. The van der Waals surface area contributed by atoms with E-state index in [-0.39, 0.29) is 6.04 Å². The van der Waals surface area contributed by atoms with E-state index in [0.29, 0.717) is 12.5 Å². The van der Waals surface area contributed by atoms with Crippen molar-refractivity contribution in [2.75, 3.05) is 13.7 Å². The number of benzene rings is 1. The second kappa shape index (κ2) is 5.08. The molecule has 0 N–H and O–H groups in total. The van der Waals surface area contributed by atoms with Crippen LogP contribution in [-0.2, 0) is 4.74 Å². The molecule has 0 saturated carbocycles. The Kier molecular flexibility index (Phi) is 3.72. The summed E-state index contributed by atoms with van der Waals surface area (Å²) >= 11 is 3.51. The van der Waals surface area contributed by atoms with Crippen LogP contribution < -0.4 is 4.74 Å². The lowest BCUT2D eigenvalue weighted by molar-refractivity contribution is 0.291. The minimum Gasteiger partial charge on any atom is -0.497 e. The standard InChI is InChI=1S/C13H16BrNO2/c1-8(2)12-7-17-13(15-12)10-5-4-9(16-3)6-11(10)14/h4-6,8,12H,7H2,1-3H3/t12-/m0/s1. The zero-order valence-corrected chi connectivity index (χ0v) is 11.8. The van der Waals surface area contributed by atoms with Gasteiger partial charge in [0, 0.05) is 4.47 Å². The number of methoxy groups -OCH3 is 1. The summed E-state index contributed by atoms with van der Waals surface area (Å²) in [4.78, 5) is 4.60. The minimum atomic E-state index is 0.263. The Hall–Kier alpha value is -1.03. The zero-order valence-electron chi connectivity index (χ0n) is 10.2. The third kappa shape index (κ3) is 2.63. The molecule has 0 fully saturated rings. The molecular weight excluding hydrogens is 282 g/mol. The highest BCUT2D eigenvalue weighted by Gasteiger charge is 2.23. The van der Waals surface area contributed by atoms with E-state index in [0.717, 1.165) is 21.7 Å². The summed E-state index contributed by atoms with van der Waals surface area (Å²) in [6.45, 7) is 4.98. The van der Waals surface area contributed by atoms with Gasteiger partial charge in [0.2, 0.25) is 5.90 Å². The molecule has 1 aliphatic rings. The van der Waals surface area contributed by atoms with E-state index in [2.05, 4.69) is 34.8 Å². The quantitative estimate of drug-likeness (QED) is 0.857. The van der Waals surface area contributed by atoms with Crippen LogP contribution in [0.1, 0.15) is 19.4 Å². The monoisotopic (exact) mass is 297 g/mol. The van der Waals surface area contributed by atoms with E-state index >= 15 is 0 Å². The molecule has 2 rings (SSSR count). The van der Waals surface area contributed by atoms with Crippen molar-refractivity contribution < 1.29 is 9.47 Å². The van der Waals surface area contributed by atoms with Crippen molar-refractivity contribution >= 4 is 21.8 Å².